The van der Waals surface area contributed by atoms with E-state index in [2.05, 4.69) is 16.1 Å². The van der Waals surface area contributed by atoms with E-state index < -0.39 is 23.4 Å². The zero-order valence-electron chi connectivity index (χ0n) is 19.6. The van der Waals surface area contributed by atoms with Crippen LogP contribution in [0.5, 0.6) is 11.5 Å². The number of benzene rings is 2. The number of carbonyl (C=O) groups excluding carboxylic acids is 3. The smallest absolute Gasteiger partial charge is 0.344 e. The van der Waals surface area contributed by atoms with Gasteiger partial charge < -0.3 is 20.1 Å². The van der Waals surface area contributed by atoms with E-state index in [9.17, 15) is 14.4 Å². The highest BCUT2D eigenvalue weighted by Gasteiger charge is 2.49. The lowest BCUT2D eigenvalue weighted by molar-refractivity contribution is -0.138. The number of nitrogens with zero attached hydrogens (tertiary/aromatic N) is 1. The molecule has 34 heavy (non-hydrogen) atoms. The first-order valence-corrected chi connectivity index (χ1v) is 11.4. The SMILES string of the molecule is CC(C)[C@@H](NCC(=O)NN1C(=O)N[C@@](C)(c2ccccc2)C1=O)c1ccc2c(c1)OCCCO2. The number of hydrogen-bond donors (Lipinski definition) is 3. The highest BCUT2D eigenvalue weighted by atomic mass is 16.5. The van der Waals surface area contributed by atoms with E-state index >= 15 is 0 Å². The van der Waals surface area contributed by atoms with Crippen LogP contribution in [0.4, 0.5) is 4.79 Å². The van der Waals surface area contributed by atoms with Crippen molar-refractivity contribution in [3.8, 4) is 11.5 Å². The van der Waals surface area contributed by atoms with E-state index in [-0.39, 0.29) is 18.5 Å². The van der Waals surface area contributed by atoms with E-state index in [1.165, 1.54) is 0 Å². The van der Waals surface area contributed by atoms with Crippen LogP contribution in [0.15, 0.2) is 48.5 Å². The lowest BCUT2D eigenvalue weighted by Crippen LogP contribution is -2.50. The fourth-order valence-corrected chi connectivity index (χ4v) is 4.19. The molecule has 1 saturated heterocycles. The molecule has 2 aromatic carbocycles. The summed E-state index contributed by atoms with van der Waals surface area (Å²) in [6.45, 7) is 6.82. The van der Waals surface area contributed by atoms with Crippen molar-refractivity contribution in [2.24, 2.45) is 5.92 Å². The number of urea groups is 1. The first-order chi connectivity index (χ1) is 16.3. The Morgan fingerprint density at radius 3 is 2.50 bits per heavy atom. The standard InChI is InChI=1S/C25H30N4O5/c1-16(2)22(17-10-11-19-20(14-17)34-13-7-12-33-19)26-15-21(30)28-29-23(31)25(3,27-24(29)32)18-8-5-4-6-9-18/h4-6,8-11,14,16,22,26H,7,12-13,15H2,1-3H3,(H,27,32)(H,28,30)/t22-,25+/m1/s1. The quantitative estimate of drug-likeness (QED) is 0.542. The molecule has 180 valence electrons. The largest absolute Gasteiger partial charge is 0.490 e. The molecule has 2 aliphatic heterocycles. The summed E-state index contributed by atoms with van der Waals surface area (Å²) in [6, 6.07) is 13.9. The highest BCUT2D eigenvalue weighted by molar-refractivity contribution is 6.08. The van der Waals surface area contributed by atoms with Crippen molar-refractivity contribution in [2.45, 2.75) is 38.8 Å². The van der Waals surface area contributed by atoms with Crippen LogP contribution in [-0.2, 0) is 15.1 Å². The Morgan fingerprint density at radius 2 is 1.79 bits per heavy atom. The Bertz CT molecular complexity index is 1070. The van der Waals surface area contributed by atoms with Gasteiger partial charge in [0.15, 0.2) is 11.5 Å². The Hall–Kier alpha value is -3.59. The summed E-state index contributed by atoms with van der Waals surface area (Å²) in [5.41, 5.74) is 2.78. The van der Waals surface area contributed by atoms with Gasteiger partial charge in [0.25, 0.3) is 11.8 Å². The molecule has 0 saturated carbocycles. The summed E-state index contributed by atoms with van der Waals surface area (Å²) in [7, 11) is 0. The average molecular weight is 467 g/mol. The van der Waals surface area contributed by atoms with Crippen molar-refractivity contribution in [2.75, 3.05) is 19.8 Å². The summed E-state index contributed by atoms with van der Waals surface area (Å²) in [5, 5.41) is 6.65. The zero-order chi connectivity index (χ0) is 24.3. The van der Waals surface area contributed by atoms with Crippen LogP contribution in [0.1, 0.15) is 44.4 Å². The monoisotopic (exact) mass is 466 g/mol. The number of imide groups is 1. The third-order valence-electron chi connectivity index (χ3n) is 6.06. The molecule has 0 radical (unpaired) electrons. The molecule has 3 N–H and O–H groups in total. The van der Waals surface area contributed by atoms with Gasteiger partial charge in [0.1, 0.15) is 5.54 Å². The van der Waals surface area contributed by atoms with Gasteiger partial charge in [0.2, 0.25) is 0 Å². The van der Waals surface area contributed by atoms with Gasteiger partial charge in [-0.25, -0.2) is 4.79 Å². The van der Waals surface area contributed by atoms with Gasteiger partial charge in [0.05, 0.1) is 19.8 Å². The molecule has 0 unspecified atom stereocenters. The Morgan fingerprint density at radius 1 is 1.09 bits per heavy atom. The lowest BCUT2D eigenvalue weighted by atomic mass is 9.92. The number of ether oxygens (including phenoxy) is 2. The molecule has 4 rings (SSSR count). The maximum atomic E-state index is 13.0. The zero-order valence-corrected chi connectivity index (χ0v) is 19.6. The van der Waals surface area contributed by atoms with Gasteiger partial charge in [-0.05, 0) is 36.1 Å². The van der Waals surface area contributed by atoms with E-state index in [0.29, 0.717) is 30.3 Å². The highest BCUT2D eigenvalue weighted by Crippen LogP contribution is 2.34. The van der Waals surface area contributed by atoms with Crippen molar-refractivity contribution in [1.29, 1.82) is 0 Å². The summed E-state index contributed by atoms with van der Waals surface area (Å²) >= 11 is 0. The molecule has 0 aromatic heterocycles. The minimum Gasteiger partial charge on any atom is -0.490 e. The Labute approximate surface area is 198 Å². The van der Waals surface area contributed by atoms with Gasteiger partial charge in [-0.1, -0.05) is 50.2 Å². The Kier molecular flexibility index (Phi) is 6.74. The van der Waals surface area contributed by atoms with Crippen LogP contribution in [0.25, 0.3) is 0 Å². The summed E-state index contributed by atoms with van der Waals surface area (Å²) < 4.78 is 11.5. The van der Waals surface area contributed by atoms with Crippen LogP contribution in [0.3, 0.4) is 0 Å². The van der Waals surface area contributed by atoms with E-state index in [4.69, 9.17) is 9.47 Å². The first-order valence-electron chi connectivity index (χ1n) is 11.4. The van der Waals surface area contributed by atoms with Crippen LogP contribution in [0.2, 0.25) is 0 Å². The van der Waals surface area contributed by atoms with Crippen molar-refractivity contribution in [3.63, 3.8) is 0 Å². The van der Waals surface area contributed by atoms with Crippen molar-refractivity contribution in [1.82, 2.24) is 21.1 Å². The predicted octanol–water partition coefficient (Wildman–Crippen LogP) is 2.63. The van der Waals surface area contributed by atoms with Gasteiger partial charge in [-0.15, -0.1) is 0 Å². The maximum absolute atomic E-state index is 13.0. The van der Waals surface area contributed by atoms with Gasteiger partial charge >= 0.3 is 6.03 Å². The van der Waals surface area contributed by atoms with Gasteiger partial charge in [-0.2, -0.15) is 5.01 Å². The fourth-order valence-electron chi connectivity index (χ4n) is 4.19. The summed E-state index contributed by atoms with van der Waals surface area (Å²) in [5.74, 6) is 0.518. The second-order valence-electron chi connectivity index (χ2n) is 8.96. The minimum absolute atomic E-state index is 0.0869. The van der Waals surface area contributed by atoms with Gasteiger partial charge in [-0.3, -0.25) is 15.0 Å². The topological polar surface area (TPSA) is 109 Å². The summed E-state index contributed by atoms with van der Waals surface area (Å²) in [4.78, 5) is 38.1. The molecule has 0 bridgehead atoms. The predicted molar refractivity (Wildman–Crippen MR) is 125 cm³/mol. The average Bonchev–Trinajstić information content (AvgIpc) is 2.98. The van der Waals surface area contributed by atoms with Crippen molar-refractivity contribution >= 4 is 17.8 Å². The third-order valence-corrected chi connectivity index (χ3v) is 6.06. The van der Waals surface area contributed by atoms with Crippen LogP contribution < -0.4 is 25.5 Å². The van der Waals surface area contributed by atoms with Crippen molar-refractivity contribution < 1.29 is 23.9 Å². The molecular formula is C25H30N4O5. The molecule has 1 fully saturated rings. The lowest BCUT2D eigenvalue weighted by Gasteiger charge is -2.24. The number of amides is 4. The number of rotatable bonds is 7. The normalized spacial score (nSPS) is 20.6. The molecule has 9 nitrogen and oxygen atoms in total. The van der Waals surface area contributed by atoms with Gasteiger partial charge in [0, 0.05) is 12.5 Å². The molecule has 2 aromatic rings. The molecular weight excluding hydrogens is 436 g/mol. The number of carbonyl (C=O) groups is 3. The minimum atomic E-state index is -1.25. The van der Waals surface area contributed by atoms with E-state index in [1.807, 2.05) is 38.1 Å². The van der Waals surface area contributed by atoms with E-state index in [0.717, 1.165) is 17.0 Å². The molecule has 2 atom stereocenters. The van der Waals surface area contributed by atoms with E-state index in [1.54, 1.807) is 31.2 Å². The van der Waals surface area contributed by atoms with Crippen LogP contribution in [-0.4, -0.2) is 42.6 Å². The molecule has 2 aliphatic rings. The third kappa shape index (κ3) is 4.70. The Balaban J connectivity index is 1.41. The number of hydrogen-bond acceptors (Lipinski definition) is 6. The number of fused-ring (bicyclic) bond motifs is 1. The summed E-state index contributed by atoms with van der Waals surface area (Å²) in [6.07, 6.45) is 0.822. The van der Waals surface area contributed by atoms with Crippen LogP contribution >= 0.6 is 0 Å². The molecule has 0 aliphatic carbocycles. The number of nitrogens with one attached hydrogen (secondary N) is 3. The second-order valence-corrected chi connectivity index (χ2v) is 8.96. The van der Waals surface area contributed by atoms with Crippen molar-refractivity contribution in [3.05, 3.63) is 59.7 Å². The van der Waals surface area contributed by atoms with Crippen LogP contribution in [0, 0.1) is 5.92 Å². The first kappa shape index (κ1) is 23.6. The molecule has 0 spiro atoms. The molecule has 2 heterocycles. The fraction of sp³-hybridized carbons (Fsp3) is 0.400. The second kappa shape index (κ2) is 9.72. The molecule has 4 amide bonds. The number of hydrazine groups is 1. The molecule has 9 heteroatoms. The maximum Gasteiger partial charge on any atom is 0.344 e.